The van der Waals surface area contributed by atoms with Crippen LogP contribution in [0.2, 0.25) is 0 Å². The minimum absolute atomic E-state index is 0.0804. The predicted molar refractivity (Wildman–Crippen MR) is 63.1 cm³/mol. The van der Waals surface area contributed by atoms with E-state index in [0.29, 0.717) is 5.56 Å². The van der Waals surface area contributed by atoms with Crippen molar-refractivity contribution in [3.63, 3.8) is 0 Å². The number of hydrogen-bond acceptors (Lipinski definition) is 2. The molecule has 1 aliphatic rings. The molecule has 0 radical (unpaired) electrons. The van der Waals surface area contributed by atoms with Gasteiger partial charge in [0.25, 0.3) is 5.91 Å². The van der Waals surface area contributed by atoms with E-state index in [4.69, 9.17) is 0 Å². The van der Waals surface area contributed by atoms with Crippen LogP contribution in [0.15, 0.2) is 18.3 Å². The zero-order valence-corrected chi connectivity index (χ0v) is 10.2. The summed E-state index contributed by atoms with van der Waals surface area (Å²) in [5.41, 5.74) is 0.393. The number of hydrogen-bond donors (Lipinski definition) is 0. The lowest BCUT2D eigenvalue weighted by Crippen LogP contribution is -2.39. The lowest BCUT2D eigenvalue weighted by atomic mass is 10.1. The van der Waals surface area contributed by atoms with Gasteiger partial charge in [-0.2, -0.15) is 4.39 Å². The summed E-state index contributed by atoms with van der Waals surface area (Å²) in [6.07, 6.45) is 4.35. The Labute approximate surface area is 101 Å². The normalized spacial score (nSPS) is 24.1. The fraction of sp³-hybridized carbons (Fsp3) is 0.538. The Morgan fingerprint density at radius 1 is 1.59 bits per heavy atom. The molecule has 1 saturated heterocycles. The number of halogens is 1. The zero-order valence-electron chi connectivity index (χ0n) is 10.2. The highest BCUT2D eigenvalue weighted by molar-refractivity contribution is 5.94. The third-order valence-corrected chi connectivity index (χ3v) is 3.47. The van der Waals surface area contributed by atoms with Gasteiger partial charge < -0.3 is 4.90 Å². The van der Waals surface area contributed by atoms with Crippen LogP contribution < -0.4 is 0 Å². The van der Waals surface area contributed by atoms with Gasteiger partial charge in [-0.15, -0.1) is 0 Å². The fourth-order valence-corrected chi connectivity index (χ4v) is 2.52. The van der Waals surface area contributed by atoms with Crippen molar-refractivity contribution in [1.82, 2.24) is 9.88 Å². The predicted octanol–water partition coefficient (Wildman–Crippen LogP) is 2.62. The van der Waals surface area contributed by atoms with Crippen LogP contribution in [0.3, 0.4) is 0 Å². The van der Waals surface area contributed by atoms with Gasteiger partial charge in [-0.1, -0.05) is 6.92 Å². The topological polar surface area (TPSA) is 33.2 Å². The minimum Gasteiger partial charge on any atom is -0.333 e. The van der Waals surface area contributed by atoms with Gasteiger partial charge in [0.15, 0.2) is 0 Å². The average molecular weight is 236 g/mol. The molecule has 4 heteroatoms. The highest BCUT2D eigenvalue weighted by Gasteiger charge is 2.33. The third-order valence-electron chi connectivity index (χ3n) is 3.47. The second kappa shape index (κ2) is 4.82. The number of carbonyl (C=O) groups is 1. The van der Waals surface area contributed by atoms with Crippen molar-refractivity contribution in [2.45, 2.75) is 45.2 Å². The summed E-state index contributed by atoms with van der Waals surface area (Å²) < 4.78 is 13.0. The SMILES string of the molecule is CCC1CCC(C)N1C(=O)c1ccnc(F)c1. The maximum Gasteiger partial charge on any atom is 0.254 e. The highest BCUT2D eigenvalue weighted by atomic mass is 19.1. The number of aromatic nitrogens is 1. The quantitative estimate of drug-likeness (QED) is 0.739. The van der Waals surface area contributed by atoms with Crippen LogP contribution >= 0.6 is 0 Å². The lowest BCUT2D eigenvalue weighted by molar-refractivity contribution is 0.0675. The monoisotopic (exact) mass is 236 g/mol. The van der Waals surface area contributed by atoms with E-state index in [1.54, 1.807) is 6.07 Å². The van der Waals surface area contributed by atoms with E-state index in [2.05, 4.69) is 11.9 Å². The molecular weight excluding hydrogens is 219 g/mol. The molecule has 0 aliphatic carbocycles. The molecule has 1 aromatic heterocycles. The molecule has 2 unspecified atom stereocenters. The van der Waals surface area contributed by atoms with Crippen molar-refractivity contribution >= 4 is 5.91 Å². The Bertz CT molecular complexity index is 422. The first-order valence-corrected chi connectivity index (χ1v) is 6.07. The Balaban J connectivity index is 2.24. The first-order valence-electron chi connectivity index (χ1n) is 6.07. The van der Waals surface area contributed by atoms with Crippen molar-refractivity contribution in [1.29, 1.82) is 0 Å². The van der Waals surface area contributed by atoms with E-state index >= 15 is 0 Å². The van der Waals surface area contributed by atoms with Gasteiger partial charge in [0, 0.05) is 29.9 Å². The van der Waals surface area contributed by atoms with Crippen LogP contribution in [0.25, 0.3) is 0 Å². The number of amides is 1. The second-order valence-corrected chi connectivity index (χ2v) is 4.57. The Morgan fingerprint density at radius 2 is 2.35 bits per heavy atom. The molecule has 17 heavy (non-hydrogen) atoms. The van der Waals surface area contributed by atoms with E-state index in [1.807, 2.05) is 11.8 Å². The molecule has 0 spiro atoms. The van der Waals surface area contributed by atoms with E-state index in [9.17, 15) is 9.18 Å². The van der Waals surface area contributed by atoms with Gasteiger partial charge in [-0.25, -0.2) is 4.98 Å². The van der Waals surface area contributed by atoms with Crippen LogP contribution in [-0.4, -0.2) is 27.9 Å². The van der Waals surface area contributed by atoms with Crippen molar-refractivity contribution < 1.29 is 9.18 Å². The summed E-state index contributed by atoms with van der Waals surface area (Å²) in [5.74, 6) is -0.682. The fourth-order valence-electron chi connectivity index (χ4n) is 2.52. The second-order valence-electron chi connectivity index (χ2n) is 4.57. The molecule has 1 fully saturated rings. The number of carbonyl (C=O) groups excluding carboxylic acids is 1. The van der Waals surface area contributed by atoms with Gasteiger partial charge in [0.2, 0.25) is 5.95 Å². The Kier molecular flexibility index (Phi) is 3.41. The van der Waals surface area contributed by atoms with E-state index in [0.717, 1.165) is 19.3 Å². The summed E-state index contributed by atoms with van der Waals surface area (Å²) in [5, 5.41) is 0. The summed E-state index contributed by atoms with van der Waals surface area (Å²) in [7, 11) is 0. The average Bonchev–Trinajstić information content (AvgIpc) is 2.69. The summed E-state index contributed by atoms with van der Waals surface area (Å²) in [6, 6.07) is 3.31. The summed E-state index contributed by atoms with van der Waals surface area (Å²) >= 11 is 0. The smallest absolute Gasteiger partial charge is 0.254 e. The lowest BCUT2D eigenvalue weighted by Gasteiger charge is -2.28. The molecule has 1 amide bonds. The molecule has 0 saturated carbocycles. The van der Waals surface area contributed by atoms with E-state index in [-0.39, 0.29) is 18.0 Å². The molecule has 1 aliphatic heterocycles. The molecule has 0 N–H and O–H groups in total. The van der Waals surface area contributed by atoms with Gasteiger partial charge in [0.1, 0.15) is 0 Å². The number of pyridine rings is 1. The summed E-state index contributed by atoms with van der Waals surface area (Å²) in [6.45, 7) is 4.13. The molecule has 0 bridgehead atoms. The van der Waals surface area contributed by atoms with Crippen molar-refractivity contribution in [3.05, 3.63) is 29.8 Å². The van der Waals surface area contributed by atoms with Gasteiger partial charge in [-0.3, -0.25) is 4.79 Å². The highest BCUT2D eigenvalue weighted by Crippen LogP contribution is 2.27. The number of likely N-dealkylation sites (tertiary alicyclic amines) is 1. The van der Waals surface area contributed by atoms with Gasteiger partial charge in [0.05, 0.1) is 0 Å². The minimum atomic E-state index is -0.601. The van der Waals surface area contributed by atoms with Crippen LogP contribution in [0.5, 0.6) is 0 Å². The van der Waals surface area contributed by atoms with Crippen molar-refractivity contribution in [2.75, 3.05) is 0 Å². The first kappa shape index (κ1) is 12.0. The van der Waals surface area contributed by atoms with Crippen molar-refractivity contribution in [2.24, 2.45) is 0 Å². The molecule has 1 aromatic rings. The largest absolute Gasteiger partial charge is 0.333 e. The maximum atomic E-state index is 13.0. The molecule has 2 rings (SSSR count). The van der Waals surface area contributed by atoms with E-state index < -0.39 is 5.95 Å². The standard InChI is InChI=1S/C13H17FN2O/c1-3-11-5-4-9(2)16(11)13(17)10-6-7-15-12(14)8-10/h6-9,11H,3-5H2,1-2H3. The molecule has 2 heterocycles. The van der Waals surface area contributed by atoms with Crippen LogP contribution in [0.4, 0.5) is 4.39 Å². The Morgan fingerprint density at radius 3 is 3.00 bits per heavy atom. The van der Waals surface area contributed by atoms with Crippen molar-refractivity contribution in [3.8, 4) is 0 Å². The van der Waals surface area contributed by atoms with Gasteiger partial charge in [-0.05, 0) is 32.3 Å². The zero-order chi connectivity index (χ0) is 12.4. The molecule has 0 aromatic carbocycles. The number of rotatable bonds is 2. The van der Waals surface area contributed by atoms with Crippen LogP contribution in [-0.2, 0) is 0 Å². The van der Waals surface area contributed by atoms with E-state index in [1.165, 1.54) is 12.3 Å². The van der Waals surface area contributed by atoms with Gasteiger partial charge >= 0.3 is 0 Å². The molecule has 2 atom stereocenters. The Hall–Kier alpha value is -1.45. The molecular formula is C13H17FN2O. The van der Waals surface area contributed by atoms with Crippen LogP contribution in [0.1, 0.15) is 43.5 Å². The summed E-state index contributed by atoms with van der Waals surface area (Å²) in [4.78, 5) is 17.7. The molecule has 92 valence electrons. The maximum absolute atomic E-state index is 13.0. The van der Waals surface area contributed by atoms with Crippen LogP contribution in [0, 0.1) is 5.95 Å². The first-order chi connectivity index (χ1) is 8.13. The number of nitrogens with zero attached hydrogens (tertiary/aromatic N) is 2. The third kappa shape index (κ3) is 2.30. The molecule has 3 nitrogen and oxygen atoms in total.